The van der Waals surface area contributed by atoms with E-state index < -0.39 is 0 Å². The number of para-hydroxylation sites is 1. The fourth-order valence-electron chi connectivity index (χ4n) is 3.00. The van der Waals surface area contributed by atoms with Gasteiger partial charge in [0.2, 0.25) is 16.9 Å². The molecule has 0 saturated carbocycles. The Morgan fingerprint density at radius 3 is 2.62 bits per heavy atom. The Bertz CT molecular complexity index is 1190. The number of ether oxygens (including phenoxy) is 1. The Balaban J connectivity index is 1.69. The van der Waals surface area contributed by atoms with Gasteiger partial charge in [0.15, 0.2) is 12.4 Å². The predicted octanol–water partition coefficient (Wildman–Crippen LogP) is 4.63. The summed E-state index contributed by atoms with van der Waals surface area (Å²) in [5, 5.41) is 3.12. The van der Waals surface area contributed by atoms with Crippen LogP contribution in [-0.2, 0) is 11.2 Å². The van der Waals surface area contributed by atoms with Crippen molar-refractivity contribution < 1.29 is 18.4 Å². The first-order valence-electron chi connectivity index (χ1n) is 9.27. The van der Waals surface area contributed by atoms with Crippen LogP contribution < -0.4 is 15.5 Å². The van der Waals surface area contributed by atoms with E-state index in [0.717, 1.165) is 12.0 Å². The second-order valence-electron chi connectivity index (χ2n) is 6.45. The van der Waals surface area contributed by atoms with Crippen molar-refractivity contribution in [2.45, 2.75) is 13.3 Å². The maximum atomic E-state index is 13.1. The van der Waals surface area contributed by atoms with Crippen LogP contribution in [0.2, 0.25) is 0 Å². The van der Waals surface area contributed by atoms with Crippen molar-refractivity contribution >= 4 is 22.6 Å². The van der Waals surface area contributed by atoms with E-state index >= 15 is 0 Å². The highest BCUT2D eigenvalue weighted by Crippen LogP contribution is 2.31. The summed E-state index contributed by atoms with van der Waals surface area (Å²) in [7, 11) is 0. The number of anilines is 1. The molecule has 0 saturated heterocycles. The largest absolute Gasteiger partial charge is 0.476 e. The number of nitrogens with one attached hydrogen (secondary N) is 1. The number of hydrogen-bond acceptors (Lipinski definition) is 5. The van der Waals surface area contributed by atoms with Gasteiger partial charge in [0.1, 0.15) is 5.58 Å². The molecular formula is C23H19NO5. The molecule has 0 aliphatic rings. The standard InChI is InChI=1S/C23H19NO5/c1-2-15-10-11-18-17(13-15)21(26)23(22(29-18)19-9-6-12-27-19)28-14-20(25)24-16-7-4-3-5-8-16/h3-13H,2,14H2,1H3,(H,24,25). The van der Waals surface area contributed by atoms with Crippen LogP contribution in [0.1, 0.15) is 12.5 Å². The van der Waals surface area contributed by atoms with Crippen LogP contribution in [0.3, 0.4) is 0 Å². The molecule has 0 radical (unpaired) electrons. The lowest BCUT2D eigenvalue weighted by atomic mass is 10.1. The summed E-state index contributed by atoms with van der Waals surface area (Å²) in [6.45, 7) is 1.66. The monoisotopic (exact) mass is 389 g/mol. The van der Waals surface area contributed by atoms with Gasteiger partial charge in [0, 0.05) is 5.69 Å². The van der Waals surface area contributed by atoms with Gasteiger partial charge in [0.05, 0.1) is 11.6 Å². The lowest BCUT2D eigenvalue weighted by Gasteiger charge is -2.11. The zero-order valence-corrected chi connectivity index (χ0v) is 15.8. The second-order valence-corrected chi connectivity index (χ2v) is 6.45. The van der Waals surface area contributed by atoms with E-state index in [2.05, 4.69) is 5.32 Å². The molecule has 29 heavy (non-hydrogen) atoms. The molecule has 4 rings (SSSR count). The lowest BCUT2D eigenvalue weighted by Crippen LogP contribution is -2.22. The first kappa shape index (κ1) is 18.6. The van der Waals surface area contributed by atoms with E-state index in [4.69, 9.17) is 13.6 Å². The molecule has 6 heteroatoms. The third-order valence-corrected chi connectivity index (χ3v) is 4.47. The highest BCUT2D eigenvalue weighted by atomic mass is 16.5. The molecular weight excluding hydrogens is 370 g/mol. The number of benzene rings is 2. The lowest BCUT2D eigenvalue weighted by molar-refractivity contribution is -0.118. The first-order valence-corrected chi connectivity index (χ1v) is 9.27. The molecule has 0 aliphatic carbocycles. The van der Waals surface area contributed by atoms with Crippen LogP contribution >= 0.6 is 0 Å². The summed E-state index contributed by atoms with van der Waals surface area (Å²) in [5.74, 6) is 0.0682. The average molecular weight is 389 g/mol. The van der Waals surface area contributed by atoms with Crippen LogP contribution in [0.15, 0.2) is 80.6 Å². The Labute approximate surface area is 166 Å². The summed E-state index contributed by atoms with van der Waals surface area (Å²) in [6, 6.07) is 17.8. The first-order chi connectivity index (χ1) is 14.2. The molecule has 2 aromatic heterocycles. The molecule has 0 unspecified atom stereocenters. The van der Waals surface area contributed by atoms with Crippen molar-refractivity contribution in [3.63, 3.8) is 0 Å². The van der Waals surface area contributed by atoms with E-state index in [1.165, 1.54) is 6.26 Å². The van der Waals surface area contributed by atoms with E-state index in [1.54, 1.807) is 36.4 Å². The Morgan fingerprint density at radius 2 is 1.90 bits per heavy atom. The van der Waals surface area contributed by atoms with Crippen molar-refractivity contribution in [1.29, 1.82) is 0 Å². The Morgan fingerprint density at radius 1 is 1.07 bits per heavy atom. The molecule has 0 bridgehead atoms. The van der Waals surface area contributed by atoms with Crippen LogP contribution in [0.5, 0.6) is 5.75 Å². The smallest absolute Gasteiger partial charge is 0.262 e. The van der Waals surface area contributed by atoms with E-state index in [1.807, 2.05) is 31.2 Å². The molecule has 1 N–H and O–H groups in total. The fourth-order valence-corrected chi connectivity index (χ4v) is 3.00. The number of rotatable bonds is 6. The Kier molecular flexibility index (Phi) is 5.16. The van der Waals surface area contributed by atoms with Gasteiger partial charge in [-0.2, -0.15) is 0 Å². The van der Waals surface area contributed by atoms with Gasteiger partial charge in [-0.25, -0.2) is 0 Å². The number of aryl methyl sites for hydroxylation is 1. The molecule has 0 atom stereocenters. The van der Waals surface area contributed by atoms with Gasteiger partial charge in [-0.1, -0.05) is 31.2 Å². The third kappa shape index (κ3) is 3.91. The summed E-state index contributed by atoms with van der Waals surface area (Å²) in [6.07, 6.45) is 2.26. The van der Waals surface area contributed by atoms with Gasteiger partial charge in [-0.15, -0.1) is 0 Å². The van der Waals surface area contributed by atoms with E-state index in [9.17, 15) is 9.59 Å². The minimum atomic E-state index is -0.386. The number of amides is 1. The maximum absolute atomic E-state index is 13.1. The van der Waals surface area contributed by atoms with Crippen molar-refractivity contribution in [2.24, 2.45) is 0 Å². The van der Waals surface area contributed by atoms with Crippen LogP contribution in [-0.4, -0.2) is 12.5 Å². The van der Waals surface area contributed by atoms with Gasteiger partial charge in [-0.05, 0) is 48.4 Å². The van der Waals surface area contributed by atoms with Gasteiger partial charge < -0.3 is 18.9 Å². The van der Waals surface area contributed by atoms with Crippen LogP contribution in [0.25, 0.3) is 22.5 Å². The summed E-state index contributed by atoms with van der Waals surface area (Å²) < 4.78 is 16.9. The van der Waals surface area contributed by atoms with Crippen LogP contribution in [0.4, 0.5) is 5.69 Å². The summed E-state index contributed by atoms with van der Waals surface area (Å²) in [5.41, 5.74) is 1.73. The van der Waals surface area contributed by atoms with Crippen molar-refractivity contribution in [1.82, 2.24) is 0 Å². The number of carbonyl (C=O) groups is 1. The number of fused-ring (bicyclic) bond motifs is 1. The van der Waals surface area contributed by atoms with Gasteiger partial charge in [-0.3, -0.25) is 9.59 Å². The van der Waals surface area contributed by atoms with E-state index in [-0.39, 0.29) is 29.5 Å². The quantitative estimate of drug-likeness (QED) is 0.520. The number of carbonyl (C=O) groups excluding carboxylic acids is 1. The van der Waals surface area contributed by atoms with Crippen molar-refractivity contribution in [2.75, 3.05) is 11.9 Å². The van der Waals surface area contributed by atoms with E-state index in [0.29, 0.717) is 22.4 Å². The zero-order chi connectivity index (χ0) is 20.2. The molecule has 4 aromatic rings. The Hall–Kier alpha value is -3.80. The minimum Gasteiger partial charge on any atom is -0.476 e. The molecule has 2 heterocycles. The number of hydrogen-bond donors (Lipinski definition) is 1. The molecule has 0 aliphatic heterocycles. The predicted molar refractivity (Wildman–Crippen MR) is 110 cm³/mol. The highest BCUT2D eigenvalue weighted by molar-refractivity contribution is 5.92. The molecule has 1 amide bonds. The molecule has 0 spiro atoms. The molecule has 146 valence electrons. The highest BCUT2D eigenvalue weighted by Gasteiger charge is 2.21. The number of furan rings is 1. The average Bonchev–Trinajstić information content (AvgIpc) is 3.28. The fraction of sp³-hybridized carbons (Fsp3) is 0.130. The SMILES string of the molecule is CCc1ccc2oc(-c3ccco3)c(OCC(=O)Nc3ccccc3)c(=O)c2c1. The minimum absolute atomic E-state index is 0.0519. The second kappa shape index (κ2) is 8.06. The normalized spacial score (nSPS) is 10.8. The summed E-state index contributed by atoms with van der Waals surface area (Å²) >= 11 is 0. The maximum Gasteiger partial charge on any atom is 0.262 e. The van der Waals surface area contributed by atoms with Crippen LogP contribution in [0, 0.1) is 0 Å². The van der Waals surface area contributed by atoms with Gasteiger partial charge in [0.25, 0.3) is 5.91 Å². The third-order valence-electron chi connectivity index (χ3n) is 4.47. The zero-order valence-electron chi connectivity index (χ0n) is 15.8. The van der Waals surface area contributed by atoms with Gasteiger partial charge >= 0.3 is 0 Å². The molecule has 6 nitrogen and oxygen atoms in total. The molecule has 2 aromatic carbocycles. The molecule has 0 fully saturated rings. The van der Waals surface area contributed by atoms with Crippen molar-refractivity contribution in [3.8, 4) is 17.3 Å². The summed E-state index contributed by atoms with van der Waals surface area (Å²) in [4.78, 5) is 25.4. The topological polar surface area (TPSA) is 81.7 Å². The van der Waals surface area contributed by atoms with Crippen molar-refractivity contribution in [3.05, 3.63) is 82.7 Å².